The second kappa shape index (κ2) is 8.89. The van der Waals surface area contributed by atoms with Crippen LogP contribution in [0.2, 0.25) is 0 Å². The lowest BCUT2D eigenvalue weighted by Crippen LogP contribution is -2.55. The fraction of sp³-hybridized carbons (Fsp3) is 0.679. The molecule has 5 unspecified atom stereocenters. The van der Waals surface area contributed by atoms with Gasteiger partial charge >= 0.3 is 5.97 Å². The zero-order valence-corrected chi connectivity index (χ0v) is 21.8. The molecule has 5 rings (SSSR count). The highest BCUT2D eigenvalue weighted by atomic mass is 16.5. The summed E-state index contributed by atoms with van der Waals surface area (Å²) in [6, 6.07) is 3.41. The first-order valence-corrected chi connectivity index (χ1v) is 13.4. The monoisotopic (exact) mass is 514 g/mol. The molecule has 1 aromatic rings. The number of hydrogen-bond acceptors (Lipinski definition) is 7. The Morgan fingerprint density at radius 3 is 2.43 bits per heavy atom. The molecule has 4 aliphatic rings. The average molecular weight is 515 g/mol. The van der Waals surface area contributed by atoms with Crippen molar-refractivity contribution in [2.75, 3.05) is 6.54 Å². The summed E-state index contributed by atoms with van der Waals surface area (Å²) in [6.45, 7) is 7.18. The summed E-state index contributed by atoms with van der Waals surface area (Å²) in [5.41, 5.74) is -0.588. The van der Waals surface area contributed by atoms with Gasteiger partial charge < -0.3 is 30.3 Å². The van der Waals surface area contributed by atoms with E-state index in [9.17, 15) is 29.7 Å². The van der Waals surface area contributed by atoms with E-state index in [4.69, 9.17) is 4.74 Å². The van der Waals surface area contributed by atoms with Crippen molar-refractivity contribution in [1.82, 2.24) is 10.2 Å². The Balaban J connectivity index is 1.21. The molecule has 37 heavy (non-hydrogen) atoms. The summed E-state index contributed by atoms with van der Waals surface area (Å²) >= 11 is 0. The van der Waals surface area contributed by atoms with E-state index in [-0.39, 0.29) is 46.7 Å². The minimum atomic E-state index is -1.43. The Labute approximate surface area is 217 Å². The number of likely N-dealkylation sites (tertiary alicyclic amines) is 1. The SMILES string of the molecule is CC1(C)C2CCC1(C)C(OC(=O)C1CCCN1C(=O)C1(NC(=O)C(O)Cc3ccc(O)c(O)c3)CC1)C2. The number of ether oxygens (including phenoxy) is 1. The third-order valence-electron chi connectivity index (χ3n) is 10.1. The van der Waals surface area contributed by atoms with Crippen LogP contribution in [0.25, 0.3) is 0 Å². The van der Waals surface area contributed by atoms with Crippen molar-refractivity contribution in [3.05, 3.63) is 23.8 Å². The van der Waals surface area contributed by atoms with Crippen molar-refractivity contribution in [2.24, 2.45) is 16.7 Å². The number of phenols is 2. The van der Waals surface area contributed by atoms with Gasteiger partial charge in [-0.1, -0.05) is 26.8 Å². The van der Waals surface area contributed by atoms with Gasteiger partial charge in [-0.05, 0) is 74.0 Å². The lowest BCUT2D eigenvalue weighted by atomic mass is 9.70. The van der Waals surface area contributed by atoms with Crippen LogP contribution >= 0.6 is 0 Å². The maximum atomic E-state index is 13.5. The highest BCUT2D eigenvalue weighted by Gasteiger charge is 2.63. The maximum absolute atomic E-state index is 13.5. The Hall–Kier alpha value is -2.81. The third-order valence-corrected chi connectivity index (χ3v) is 10.1. The van der Waals surface area contributed by atoms with Crippen LogP contribution in [0.3, 0.4) is 0 Å². The Bertz CT molecular complexity index is 1110. The molecule has 3 aliphatic carbocycles. The van der Waals surface area contributed by atoms with Gasteiger partial charge in [0.2, 0.25) is 11.8 Å². The van der Waals surface area contributed by atoms with Gasteiger partial charge in [-0.3, -0.25) is 9.59 Å². The predicted octanol–water partition coefficient (Wildman–Crippen LogP) is 2.40. The lowest BCUT2D eigenvalue weighted by molar-refractivity contribution is -0.165. The van der Waals surface area contributed by atoms with Crippen molar-refractivity contribution in [3.63, 3.8) is 0 Å². The molecule has 5 atom stereocenters. The summed E-state index contributed by atoms with van der Waals surface area (Å²) < 4.78 is 6.09. The van der Waals surface area contributed by atoms with E-state index in [0.717, 1.165) is 19.3 Å². The third kappa shape index (κ3) is 4.25. The maximum Gasteiger partial charge on any atom is 0.329 e. The molecule has 0 aromatic heterocycles. The first kappa shape index (κ1) is 25.8. The first-order chi connectivity index (χ1) is 17.4. The number of aliphatic hydroxyl groups excluding tert-OH is 1. The quantitative estimate of drug-likeness (QED) is 0.324. The highest BCUT2D eigenvalue weighted by Crippen LogP contribution is 2.66. The number of rotatable bonds is 7. The molecule has 0 radical (unpaired) electrons. The minimum absolute atomic E-state index is 0.0586. The molecule has 1 heterocycles. The largest absolute Gasteiger partial charge is 0.504 e. The molecular weight excluding hydrogens is 476 g/mol. The van der Waals surface area contributed by atoms with Gasteiger partial charge in [-0.15, -0.1) is 0 Å². The van der Waals surface area contributed by atoms with Crippen LogP contribution in [0.1, 0.15) is 71.3 Å². The van der Waals surface area contributed by atoms with Crippen molar-refractivity contribution >= 4 is 17.8 Å². The fourth-order valence-corrected chi connectivity index (χ4v) is 6.91. The number of nitrogens with zero attached hydrogens (tertiary/aromatic N) is 1. The number of hydrogen-bond donors (Lipinski definition) is 4. The minimum Gasteiger partial charge on any atom is -0.504 e. The molecule has 4 N–H and O–H groups in total. The average Bonchev–Trinajstić information content (AvgIpc) is 3.32. The van der Waals surface area contributed by atoms with Gasteiger partial charge in [-0.25, -0.2) is 4.79 Å². The van der Waals surface area contributed by atoms with Gasteiger partial charge in [-0.2, -0.15) is 0 Å². The van der Waals surface area contributed by atoms with E-state index in [1.807, 2.05) is 0 Å². The summed E-state index contributed by atoms with van der Waals surface area (Å²) in [7, 11) is 0. The number of carbonyl (C=O) groups is 3. The van der Waals surface area contributed by atoms with Crippen LogP contribution in [0.4, 0.5) is 0 Å². The number of phenolic OH excluding ortho intramolecular Hbond substituents is 2. The van der Waals surface area contributed by atoms with Crippen LogP contribution in [-0.4, -0.2) is 68.3 Å². The molecule has 2 amide bonds. The van der Waals surface area contributed by atoms with Gasteiger partial charge in [0.25, 0.3) is 0 Å². The molecule has 0 spiro atoms. The van der Waals surface area contributed by atoms with Crippen LogP contribution < -0.4 is 5.32 Å². The standard InChI is InChI=1S/C28H38N2O7/c1-26(2)17-8-9-27(26,3)22(15-17)37-24(35)18-5-4-12-30(18)25(36)28(10-11-28)29-23(34)21(33)14-16-6-7-19(31)20(32)13-16/h6-7,13,17-18,21-22,31-33H,4-5,8-12,14-15H2,1-3H3,(H,29,34). The zero-order valence-electron chi connectivity index (χ0n) is 21.8. The van der Waals surface area contributed by atoms with Gasteiger partial charge in [0.15, 0.2) is 11.5 Å². The van der Waals surface area contributed by atoms with Crippen molar-refractivity contribution in [1.29, 1.82) is 0 Å². The predicted molar refractivity (Wildman–Crippen MR) is 133 cm³/mol. The zero-order chi connectivity index (χ0) is 26.8. The Morgan fingerprint density at radius 1 is 1.11 bits per heavy atom. The lowest BCUT2D eigenvalue weighted by Gasteiger charge is -2.39. The van der Waals surface area contributed by atoms with Crippen molar-refractivity contribution in [3.8, 4) is 11.5 Å². The van der Waals surface area contributed by atoms with Gasteiger partial charge in [0.1, 0.15) is 23.8 Å². The molecule has 1 saturated heterocycles. The molecule has 202 valence electrons. The smallest absolute Gasteiger partial charge is 0.329 e. The van der Waals surface area contributed by atoms with E-state index in [2.05, 4.69) is 26.1 Å². The number of amides is 2. The normalized spacial score (nSPS) is 31.7. The fourth-order valence-electron chi connectivity index (χ4n) is 6.91. The molecule has 3 saturated carbocycles. The van der Waals surface area contributed by atoms with E-state index >= 15 is 0 Å². The number of carbonyl (C=O) groups excluding carboxylic acids is 3. The molecule has 2 bridgehead atoms. The van der Waals surface area contributed by atoms with Crippen molar-refractivity contribution < 1.29 is 34.4 Å². The molecule has 9 heteroatoms. The Kier molecular flexibility index (Phi) is 6.21. The van der Waals surface area contributed by atoms with E-state index in [0.29, 0.717) is 43.7 Å². The van der Waals surface area contributed by atoms with Crippen LogP contribution in [-0.2, 0) is 25.5 Å². The van der Waals surface area contributed by atoms with E-state index < -0.39 is 23.6 Å². The second-order valence-corrected chi connectivity index (χ2v) is 12.3. The van der Waals surface area contributed by atoms with Crippen LogP contribution in [0.15, 0.2) is 18.2 Å². The molecular formula is C28H38N2O7. The van der Waals surface area contributed by atoms with Crippen LogP contribution in [0, 0.1) is 16.7 Å². The molecule has 9 nitrogen and oxygen atoms in total. The number of aromatic hydroxyl groups is 2. The van der Waals surface area contributed by atoms with Crippen LogP contribution in [0.5, 0.6) is 11.5 Å². The molecule has 4 fully saturated rings. The van der Waals surface area contributed by atoms with E-state index in [1.165, 1.54) is 18.2 Å². The summed E-state index contributed by atoms with van der Waals surface area (Å²) in [6.07, 6.45) is 3.53. The Morgan fingerprint density at radius 2 is 1.84 bits per heavy atom. The number of benzene rings is 1. The highest BCUT2D eigenvalue weighted by molar-refractivity contribution is 5.97. The number of nitrogens with one attached hydrogen (secondary N) is 1. The number of fused-ring (bicyclic) bond motifs is 2. The topological polar surface area (TPSA) is 136 Å². The second-order valence-electron chi connectivity index (χ2n) is 12.3. The van der Waals surface area contributed by atoms with Crippen molar-refractivity contribution in [2.45, 2.75) is 95.9 Å². The van der Waals surface area contributed by atoms with Gasteiger partial charge in [0.05, 0.1) is 0 Å². The first-order valence-electron chi connectivity index (χ1n) is 13.4. The van der Waals surface area contributed by atoms with E-state index in [1.54, 1.807) is 4.90 Å². The molecule has 1 aromatic carbocycles. The summed E-state index contributed by atoms with van der Waals surface area (Å²) in [4.78, 5) is 41.1. The van der Waals surface area contributed by atoms with Gasteiger partial charge in [0, 0.05) is 18.4 Å². The molecule has 1 aliphatic heterocycles. The summed E-state index contributed by atoms with van der Waals surface area (Å²) in [5.74, 6) is -1.42. The number of aliphatic hydroxyl groups is 1. The summed E-state index contributed by atoms with van der Waals surface area (Å²) in [5, 5.41) is 32.3. The number of esters is 1.